The van der Waals surface area contributed by atoms with Crippen LogP contribution in [0.3, 0.4) is 0 Å². The fraction of sp³-hybridized carbons (Fsp3) is 0.690. The van der Waals surface area contributed by atoms with E-state index in [1.165, 1.54) is 6.20 Å². The lowest BCUT2D eigenvalue weighted by Crippen LogP contribution is -2.42. The summed E-state index contributed by atoms with van der Waals surface area (Å²) >= 11 is 0. The van der Waals surface area contributed by atoms with Crippen LogP contribution in [0, 0.1) is 0 Å². The van der Waals surface area contributed by atoms with Gasteiger partial charge in [-0.3, -0.25) is 0 Å². The van der Waals surface area contributed by atoms with Crippen molar-refractivity contribution in [1.82, 2.24) is 14.9 Å². The lowest BCUT2D eigenvalue weighted by molar-refractivity contribution is 0.0296. The highest BCUT2D eigenvalue weighted by Gasteiger charge is 2.31. The minimum atomic E-state index is -1.27. The highest BCUT2D eigenvalue weighted by Crippen LogP contribution is 2.36. The maximum absolute atomic E-state index is 12.2. The topological polar surface area (TPSA) is 135 Å². The molecule has 0 radical (unpaired) electrons. The first-order valence-corrected chi connectivity index (χ1v) is 18.0. The van der Waals surface area contributed by atoms with Crippen molar-refractivity contribution >= 4 is 36.9 Å². The lowest BCUT2D eigenvalue weighted by atomic mass is 9.90. The average molecular weight is 577 g/mol. The zero-order valence-electron chi connectivity index (χ0n) is 25.4. The predicted molar refractivity (Wildman–Crippen MR) is 160 cm³/mol. The summed E-state index contributed by atoms with van der Waals surface area (Å²) < 4.78 is 13.3. The Labute approximate surface area is 238 Å². The first-order valence-electron chi connectivity index (χ1n) is 14.3. The van der Waals surface area contributed by atoms with E-state index >= 15 is 0 Å². The van der Waals surface area contributed by atoms with Gasteiger partial charge in [0.15, 0.2) is 0 Å². The zero-order chi connectivity index (χ0) is 29.9. The summed E-state index contributed by atoms with van der Waals surface area (Å²) in [4.78, 5) is 28.9. The van der Waals surface area contributed by atoms with Gasteiger partial charge in [0.05, 0.1) is 11.4 Å². The second-order valence-electron chi connectivity index (χ2n) is 13.4. The molecule has 1 unspecified atom stereocenters. The van der Waals surface area contributed by atoms with Crippen LogP contribution < -0.4 is 10.6 Å². The molecule has 0 bridgehead atoms. The van der Waals surface area contributed by atoms with Crippen LogP contribution in [-0.4, -0.2) is 64.2 Å². The summed E-state index contributed by atoms with van der Waals surface area (Å²) in [6, 6.07) is 2.88. The van der Waals surface area contributed by atoms with Crippen molar-refractivity contribution in [3.63, 3.8) is 0 Å². The van der Waals surface area contributed by atoms with Gasteiger partial charge in [0.25, 0.3) is 0 Å². The SMILES string of the molecule is CCC(C)(O)c1cc2c(NC3CCC(NC(=O)OC(C)(C)C)CC3)c(C(=O)O)cnc2n1COCC[Si](C)(C)C. The molecule has 4 N–H and O–H groups in total. The number of aromatic nitrogens is 2. The van der Waals surface area contributed by atoms with Crippen molar-refractivity contribution in [3.05, 3.63) is 23.5 Å². The summed E-state index contributed by atoms with van der Waals surface area (Å²) in [7, 11) is -1.27. The molecule has 3 rings (SSSR count). The molecule has 11 heteroatoms. The molecular weight excluding hydrogens is 528 g/mol. The van der Waals surface area contributed by atoms with Gasteiger partial charge in [0.2, 0.25) is 0 Å². The smallest absolute Gasteiger partial charge is 0.407 e. The summed E-state index contributed by atoms with van der Waals surface area (Å²) in [6.07, 6.45) is 4.43. The number of fused-ring (bicyclic) bond motifs is 1. The van der Waals surface area contributed by atoms with Crippen LogP contribution in [0.25, 0.3) is 11.0 Å². The minimum absolute atomic E-state index is 0.00458. The summed E-state index contributed by atoms with van der Waals surface area (Å²) in [6.45, 7) is 16.9. The normalized spacial score (nSPS) is 19.7. The number of anilines is 1. The Morgan fingerprint density at radius 3 is 2.30 bits per heavy atom. The molecule has 0 saturated heterocycles. The van der Waals surface area contributed by atoms with E-state index in [1.807, 2.05) is 38.3 Å². The van der Waals surface area contributed by atoms with Crippen molar-refractivity contribution in [3.8, 4) is 0 Å². The lowest BCUT2D eigenvalue weighted by Gasteiger charge is -2.31. The predicted octanol–water partition coefficient (Wildman–Crippen LogP) is 5.91. The molecule has 1 amide bonds. The van der Waals surface area contributed by atoms with Gasteiger partial charge in [-0.05, 0) is 71.9 Å². The number of pyridine rings is 1. The van der Waals surface area contributed by atoms with E-state index in [2.05, 4.69) is 35.3 Å². The van der Waals surface area contributed by atoms with E-state index < -0.39 is 31.3 Å². The van der Waals surface area contributed by atoms with Crippen molar-refractivity contribution in [1.29, 1.82) is 0 Å². The zero-order valence-corrected chi connectivity index (χ0v) is 26.4. The Morgan fingerprint density at radius 1 is 1.12 bits per heavy atom. The standard InChI is InChI=1S/C29H48N4O6Si/c1-9-29(5,37)23-16-21-24(31-19-10-12-20(13-11-19)32-27(36)39-28(2,3)4)22(26(34)35)17-30-25(21)33(23)18-38-14-15-40(6,7)8/h16-17,19-20,37H,9-15,18H2,1-8H3,(H,30,31)(H,32,36)(H,34,35). The van der Waals surface area contributed by atoms with Gasteiger partial charge in [-0.2, -0.15) is 0 Å². The Morgan fingerprint density at radius 2 is 1.75 bits per heavy atom. The minimum Gasteiger partial charge on any atom is -0.478 e. The third kappa shape index (κ3) is 8.44. The molecule has 0 aromatic carbocycles. The number of hydrogen-bond acceptors (Lipinski definition) is 7. The molecule has 1 saturated carbocycles. The molecule has 224 valence electrons. The molecule has 2 heterocycles. The Hall–Kier alpha value is -2.63. The van der Waals surface area contributed by atoms with Crippen molar-refractivity contribution in [2.75, 3.05) is 11.9 Å². The Kier molecular flexibility index (Phi) is 9.95. The second-order valence-corrected chi connectivity index (χ2v) is 19.0. The number of carboxylic acid groups (broad SMARTS) is 1. The number of aromatic carboxylic acids is 1. The van der Waals surface area contributed by atoms with Gasteiger partial charge >= 0.3 is 12.1 Å². The molecule has 1 atom stereocenters. The van der Waals surface area contributed by atoms with Crippen molar-refractivity contribution in [2.45, 2.75) is 122 Å². The van der Waals surface area contributed by atoms with Crippen LogP contribution in [-0.2, 0) is 21.8 Å². The number of carboxylic acids is 1. The van der Waals surface area contributed by atoms with E-state index in [0.717, 1.165) is 31.7 Å². The number of ether oxygens (including phenoxy) is 2. The van der Waals surface area contributed by atoms with Crippen LogP contribution in [0.4, 0.5) is 10.5 Å². The van der Waals surface area contributed by atoms with E-state index in [4.69, 9.17) is 9.47 Å². The summed E-state index contributed by atoms with van der Waals surface area (Å²) in [5.41, 5.74) is 0.0938. The highest BCUT2D eigenvalue weighted by atomic mass is 28.3. The first kappa shape index (κ1) is 31.9. The molecule has 0 aliphatic heterocycles. The van der Waals surface area contributed by atoms with Crippen molar-refractivity contribution in [2.24, 2.45) is 0 Å². The van der Waals surface area contributed by atoms with Gasteiger partial charge < -0.3 is 34.9 Å². The molecule has 1 aliphatic rings. The molecule has 1 fully saturated rings. The van der Waals surface area contributed by atoms with Gasteiger partial charge in [0.1, 0.15) is 29.1 Å². The molecular formula is C29H48N4O6Si. The molecule has 40 heavy (non-hydrogen) atoms. The van der Waals surface area contributed by atoms with Crippen molar-refractivity contribution < 1.29 is 29.3 Å². The Bertz CT molecular complexity index is 1190. The fourth-order valence-corrected chi connectivity index (χ4v) is 5.62. The van der Waals surface area contributed by atoms with E-state index in [-0.39, 0.29) is 24.4 Å². The number of carbonyl (C=O) groups is 2. The van der Waals surface area contributed by atoms with Gasteiger partial charge in [-0.25, -0.2) is 14.6 Å². The van der Waals surface area contributed by atoms with Crippen LogP contribution in [0.15, 0.2) is 12.3 Å². The van der Waals surface area contributed by atoms with Crippen LogP contribution in [0.5, 0.6) is 0 Å². The van der Waals surface area contributed by atoms with Gasteiger partial charge in [-0.15, -0.1) is 0 Å². The molecule has 0 spiro atoms. The maximum atomic E-state index is 12.2. The summed E-state index contributed by atoms with van der Waals surface area (Å²) in [5, 5.41) is 28.3. The van der Waals surface area contributed by atoms with Crippen LogP contribution in [0.1, 0.15) is 82.8 Å². The Balaban J connectivity index is 1.86. The fourth-order valence-electron chi connectivity index (χ4n) is 4.87. The van der Waals surface area contributed by atoms with Crippen LogP contribution >= 0.6 is 0 Å². The number of nitrogens with one attached hydrogen (secondary N) is 2. The maximum Gasteiger partial charge on any atom is 0.407 e. The van der Waals surface area contributed by atoms with Gasteiger partial charge in [0, 0.05) is 38.3 Å². The van der Waals surface area contributed by atoms with E-state index in [1.54, 1.807) is 6.92 Å². The van der Waals surface area contributed by atoms with E-state index in [9.17, 15) is 19.8 Å². The number of amides is 1. The average Bonchev–Trinajstić information content (AvgIpc) is 3.21. The molecule has 2 aromatic heterocycles. The number of carbonyl (C=O) groups excluding carboxylic acids is 1. The molecule has 10 nitrogen and oxygen atoms in total. The summed E-state index contributed by atoms with van der Waals surface area (Å²) in [5.74, 6) is -1.07. The third-order valence-corrected chi connectivity index (χ3v) is 9.11. The van der Waals surface area contributed by atoms with Crippen LogP contribution in [0.2, 0.25) is 25.7 Å². The molecule has 1 aliphatic carbocycles. The first-order chi connectivity index (χ1) is 18.5. The third-order valence-electron chi connectivity index (χ3n) is 7.41. The largest absolute Gasteiger partial charge is 0.478 e. The monoisotopic (exact) mass is 576 g/mol. The molecule has 2 aromatic rings. The number of nitrogens with zero attached hydrogens (tertiary/aromatic N) is 2. The number of aliphatic hydroxyl groups is 1. The number of rotatable bonds is 11. The number of hydrogen-bond donors (Lipinski definition) is 4. The second kappa shape index (κ2) is 12.5. The number of alkyl carbamates (subject to hydrolysis) is 1. The quantitative estimate of drug-likeness (QED) is 0.191. The van der Waals surface area contributed by atoms with E-state index in [0.29, 0.717) is 35.4 Å². The highest BCUT2D eigenvalue weighted by molar-refractivity contribution is 6.76. The van der Waals surface area contributed by atoms with Gasteiger partial charge in [-0.1, -0.05) is 26.6 Å².